The van der Waals surface area contributed by atoms with Crippen molar-refractivity contribution in [2.45, 2.75) is 18.9 Å². The Balaban J connectivity index is 1.57. The summed E-state index contributed by atoms with van der Waals surface area (Å²) >= 11 is 6.02. The van der Waals surface area contributed by atoms with Gasteiger partial charge in [-0.3, -0.25) is 9.10 Å². The number of hydrogen-bond acceptors (Lipinski definition) is 5. The van der Waals surface area contributed by atoms with Crippen LogP contribution in [0.2, 0.25) is 5.02 Å². The molecule has 2 aromatic rings. The van der Waals surface area contributed by atoms with Gasteiger partial charge in [0.05, 0.1) is 18.0 Å². The van der Waals surface area contributed by atoms with Gasteiger partial charge in [-0.15, -0.1) is 0 Å². The first-order chi connectivity index (χ1) is 14.3. The number of amides is 1. The molecule has 0 saturated carbocycles. The molecule has 2 aromatic carbocycles. The Morgan fingerprint density at radius 3 is 2.67 bits per heavy atom. The first kappa shape index (κ1) is 20.8. The van der Waals surface area contributed by atoms with Gasteiger partial charge in [-0.05, 0) is 48.7 Å². The van der Waals surface area contributed by atoms with Gasteiger partial charge in [-0.1, -0.05) is 23.7 Å². The molecule has 1 amide bonds. The van der Waals surface area contributed by atoms with Crippen LogP contribution in [-0.2, 0) is 14.8 Å². The highest BCUT2D eigenvalue weighted by Gasteiger charge is 2.33. The largest absolute Gasteiger partial charge is 0.486 e. The molecule has 0 N–H and O–H groups in total. The maximum Gasteiger partial charge on any atom is 0.243 e. The minimum Gasteiger partial charge on any atom is -0.486 e. The lowest BCUT2D eigenvalue weighted by Gasteiger charge is -2.29. The van der Waals surface area contributed by atoms with E-state index in [4.69, 9.17) is 21.1 Å². The van der Waals surface area contributed by atoms with Crippen molar-refractivity contribution in [2.24, 2.45) is 0 Å². The minimum absolute atomic E-state index is 0.130. The molecule has 0 aromatic heterocycles. The first-order valence-corrected chi connectivity index (χ1v) is 12.0. The molecule has 0 radical (unpaired) electrons. The van der Waals surface area contributed by atoms with E-state index in [1.165, 1.54) is 6.07 Å². The van der Waals surface area contributed by atoms with Crippen molar-refractivity contribution < 1.29 is 22.7 Å². The molecule has 9 heteroatoms. The topological polar surface area (TPSA) is 76.2 Å². The van der Waals surface area contributed by atoms with Crippen molar-refractivity contribution in [3.8, 4) is 11.5 Å². The molecule has 1 saturated heterocycles. The van der Waals surface area contributed by atoms with Crippen LogP contribution in [0.4, 0.5) is 5.69 Å². The molecule has 1 unspecified atom stereocenters. The second kappa shape index (κ2) is 8.35. The molecule has 7 nitrogen and oxygen atoms in total. The SMILES string of the molecule is CS(=O)(=O)N(CC(=O)N1CCCC1c1ccc2c(c1)OCCO2)c1cccc(Cl)c1. The average Bonchev–Trinajstić information content (AvgIpc) is 3.20. The van der Waals surface area contributed by atoms with Gasteiger partial charge in [-0.25, -0.2) is 8.42 Å². The van der Waals surface area contributed by atoms with E-state index in [-0.39, 0.29) is 18.5 Å². The fourth-order valence-electron chi connectivity index (χ4n) is 3.92. The molecule has 1 fully saturated rings. The van der Waals surface area contributed by atoms with Gasteiger partial charge in [0, 0.05) is 11.6 Å². The Morgan fingerprint density at radius 1 is 1.17 bits per heavy atom. The molecule has 2 aliphatic rings. The van der Waals surface area contributed by atoms with Gasteiger partial charge in [0.2, 0.25) is 15.9 Å². The molecule has 4 rings (SSSR count). The third-order valence-electron chi connectivity index (χ3n) is 5.30. The number of hydrogen-bond donors (Lipinski definition) is 0. The summed E-state index contributed by atoms with van der Waals surface area (Å²) in [6.07, 6.45) is 2.74. The standard InChI is InChI=1S/C21H23ClN2O5S/c1-30(26,27)24(17-5-2-4-16(22)13-17)14-21(25)23-9-3-6-18(23)15-7-8-19-20(12-15)29-11-10-28-19/h2,4-5,7-8,12-13,18H,3,6,9-11,14H2,1H3. The molecule has 2 heterocycles. The summed E-state index contributed by atoms with van der Waals surface area (Å²) in [7, 11) is -3.66. The molecular formula is C21H23ClN2O5S. The predicted molar refractivity (Wildman–Crippen MR) is 115 cm³/mol. The van der Waals surface area contributed by atoms with E-state index in [9.17, 15) is 13.2 Å². The van der Waals surface area contributed by atoms with Gasteiger partial charge in [-0.2, -0.15) is 0 Å². The number of carbonyl (C=O) groups excluding carboxylic acids is 1. The second-order valence-electron chi connectivity index (χ2n) is 7.40. The normalized spacial score (nSPS) is 18.3. The zero-order valence-electron chi connectivity index (χ0n) is 16.6. The van der Waals surface area contributed by atoms with Gasteiger partial charge < -0.3 is 14.4 Å². The third kappa shape index (κ3) is 4.34. The Bertz CT molecular complexity index is 1060. The van der Waals surface area contributed by atoms with Crippen molar-refractivity contribution in [3.63, 3.8) is 0 Å². The van der Waals surface area contributed by atoms with Crippen LogP contribution in [0, 0.1) is 0 Å². The monoisotopic (exact) mass is 450 g/mol. The van der Waals surface area contributed by atoms with Crippen LogP contribution in [0.1, 0.15) is 24.4 Å². The summed E-state index contributed by atoms with van der Waals surface area (Å²) in [5, 5.41) is 0.406. The number of ether oxygens (including phenoxy) is 2. The summed E-state index contributed by atoms with van der Waals surface area (Å²) in [6.45, 7) is 1.31. The van der Waals surface area contributed by atoms with E-state index in [1.54, 1.807) is 23.1 Å². The summed E-state index contributed by atoms with van der Waals surface area (Å²) in [6, 6.07) is 12.1. The van der Waals surface area contributed by atoms with Crippen LogP contribution < -0.4 is 13.8 Å². The fourth-order valence-corrected chi connectivity index (χ4v) is 4.95. The van der Waals surface area contributed by atoms with Gasteiger partial charge in [0.15, 0.2) is 11.5 Å². The van der Waals surface area contributed by atoms with Crippen LogP contribution >= 0.6 is 11.6 Å². The number of fused-ring (bicyclic) bond motifs is 1. The van der Waals surface area contributed by atoms with Crippen molar-refractivity contribution in [3.05, 3.63) is 53.1 Å². The zero-order valence-corrected chi connectivity index (χ0v) is 18.2. The number of halogens is 1. The lowest BCUT2D eigenvalue weighted by Crippen LogP contribution is -2.42. The smallest absolute Gasteiger partial charge is 0.243 e. The van der Waals surface area contributed by atoms with E-state index < -0.39 is 10.0 Å². The first-order valence-electron chi connectivity index (χ1n) is 9.75. The van der Waals surface area contributed by atoms with E-state index in [0.717, 1.165) is 29.0 Å². The number of nitrogens with zero attached hydrogens (tertiary/aromatic N) is 2. The highest BCUT2D eigenvalue weighted by Crippen LogP contribution is 2.38. The fraction of sp³-hybridized carbons (Fsp3) is 0.381. The van der Waals surface area contributed by atoms with E-state index >= 15 is 0 Å². The van der Waals surface area contributed by atoms with Gasteiger partial charge >= 0.3 is 0 Å². The number of sulfonamides is 1. The zero-order chi connectivity index (χ0) is 21.3. The van der Waals surface area contributed by atoms with Crippen LogP contribution in [0.3, 0.4) is 0 Å². The van der Waals surface area contributed by atoms with Crippen molar-refractivity contribution in [1.29, 1.82) is 0 Å². The molecule has 0 bridgehead atoms. The Labute approximate surface area is 181 Å². The number of likely N-dealkylation sites (tertiary alicyclic amines) is 1. The molecule has 30 heavy (non-hydrogen) atoms. The number of benzene rings is 2. The second-order valence-corrected chi connectivity index (χ2v) is 9.74. The Morgan fingerprint density at radius 2 is 1.93 bits per heavy atom. The highest BCUT2D eigenvalue weighted by atomic mass is 35.5. The highest BCUT2D eigenvalue weighted by molar-refractivity contribution is 7.92. The number of rotatable bonds is 5. The number of anilines is 1. The van der Waals surface area contributed by atoms with Gasteiger partial charge in [0.1, 0.15) is 19.8 Å². The van der Waals surface area contributed by atoms with Crippen LogP contribution in [0.15, 0.2) is 42.5 Å². The molecule has 0 spiro atoms. The predicted octanol–water partition coefficient (Wildman–Crippen LogP) is 3.24. The minimum atomic E-state index is -3.66. The van der Waals surface area contributed by atoms with Crippen LogP contribution in [0.5, 0.6) is 11.5 Å². The molecule has 0 aliphatic carbocycles. The molecule has 2 aliphatic heterocycles. The van der Waals surface area contributed by atoms with E-state index in [2.05, 4.69) is 0 Å². The Hall–Kier alpha value is -2.45. The molecule has 160 valence electrons. The van der Waals surface area contributed by atoms with E-state index in [0.29, 0.717) is 42.0 Å². The Kier molecular flexibility index (Phi) is 5.79. The van der Waals surface area contributed by atoms with Crippen molar-refractivity contribution >= 4 is 33.2 Å². The maximum absolute atomic E-state index is 13.2. The lowest BCUT2D eigenvalue weighted by molar-refractivity contribution is -0.130. The molecule has 1 atom stereocenters. The maximum atomic E-state index is 13.2. The summed E-state index contributed by atoms with van der Waals surface area (Å²) < 4.78 is 37.1. The van der Waals surface area contributed by atoms with E-state index in [1.807, 2.05) is 18.2 Å². The summed E-state index contributed by atoms with van der Waals surface area (Å²) in [5.41, 5.74) is 1.33. The molecular weight excluding hydrogens is 428 g/mol. The van der Waals surface area contributed by atoms with Crippen molar-refractivity contribution in [2.75, 3.05) is 36.9 Å². The van der Waals surface area contributed by atoms with Crippen LogP contribution in [0.25, 0.3) is 0 Å². The van der Waals surface area contributed by atoms with Crippen molar-refractivity contribution in [1.82, 2.24) is 4.90 Å². The average molecular weight is 451 g/mol. The summed E-state index contributed by atoms with van der Waals surface area (Å²) in [5.74, 6) is 1.12. The third-order valence-corrected chi connectivity index (χ3v) is 6.68. The van der Waals surface area contributed by atoms with Gasteiger partial charge in [0.25, 0.3) is 0 Å². The lowest BCUT2D eigenvalue weighted by atomic mass is 10.0. The quantitative estimate of drug-likeness (QED) is 0.699. The number of carbonyl (C=O) groups is 1. The van der Waals surface area contributed by atoms with Crippen LogP contribution in [-0.4, -0.2) is 51.8 Å². The summed E-state index contributed by atoms with van der Waals surface area (Å²) in [4.78, 5) is 14.9.